The molecule has 0 aliphatic carbocycles. The molecule has 4 amide bonds. The number of amides is 4. The van der Waals surface area contributed by atoms with Gasteiger partial charge >= 0.3 is 5.97 Å². The summed E-state index contributed by atoms with van der Waals surface area (Å²) in [5.74, 6) is -4.25. The van der Waals surface area contributed by atoms with Gasteiger partial charge < -0.3 is 32.5 Å². The van der Waals surface area contributed by atoms with Crippen molar-refractivity contribution in [3.05, 3.63) is 0 Å². The van der Waals surface area contributed by atoms with Gasteiger partial charge in [0.05, 0.1) is 12.5 Å². The second-order valence-electron chi connectivity index (χ2n) is 6.78. The summed E-state index contributed by atoms with van der Waals surface area (Å²) in [5, 5.41) is 15.9. The minimum Gasteiger partial charge on any atom is -0.480 e. The Kier molecular flexibility index (Phi) is 10.0. The Bertz CT molecular complexity index is 578. The summed E-state index contributed by atoms with van der Waals surface area (Å²) in [6.45, 7) is 6.35. The number of nitrogens with two attached hydrogens (primary N) is 2. The summed E-state index contributed by atoms with van der Waals surface area (Å²) in [6.07, 6.45) is -0.264. The first-order valence-electron chi connectivity index (χ1n) is 8.52. The van der Waals surface area contributed by atoms with Gasteiger partial charge in [-0.05, 0) is 26.2 Å². The average Bonchev–Trinajstić information content (AvgIpc) is 2.51. The van der Waals surface area contributed by atoms with Crippen LogP contribution in [-0.2, 0) is 24.0 Å². The van der Waals surface area contributed by atoms with Crippen LogP contribution in [0.15, 0.2) is 0 Å². The van der Waals surface area contributed by atoms with Crippen LogP contribution >= 0.6 is 0 Å². The molecule has 0 radical (unpaired) electrons. The maximum absolute atomic E-state index is 12.5. The highest BCUT2D eigenvalue weighted by Gasteiger charge is 2.30. The predicted octanol–water partition coefficient (Wildman–Crippen LogP) is -2.19. The third-order valence-electron chi connectivity index (χ3n) is 3.52. The number of carboxylic acids is 1. The van der Waals surface area contributed by atoms with Crippen molar-refractivity contribution in [1.82, 2.24) is 16.0 Å². The number of carboxylic acid groups (broad SMARTS) is 1. The predicted molar refractivity (Wildman–Crippen MR) is 96.0 cm³/mol. The second-order valence-corrected chi connectivity index (χ2v) is 6.78. The monoisotopic (exact) mass is 387 g/mol. The Labute approximate surface area is 157 Å². The van der Waals surface area contributed by atoms with Crippen LogP contribution in [0.1, 0.15) is 40.5 Å². The fourth-order valence-electron chi connectivity index (χ4n) is 2.06. The zero-order valence-electron chi connectivity index (χ0n) is 15.9. The van der Waals surface area contributed by atoms with Crippen LogP contribution < -0.4 is 27.4 Å². The first-order valence-corrected chi connectivity index (χ1v) is 8.52. The van der Waals surface area contributed by atoms with Crippen molar-refractivity contribution < 1.29 is 29.1 Å². The van der Waals surface area contributed by atoms with Gasteiger partial charge in [-0.25, -0.2) is 0 Å². The van der Waals surface area contributed by atoms with Crippen LogP contribution in [0.4, 0.5) is 0 Å². The molecule has 154 valence electrons. The Morgan fingerprint density at radius 1 is 0.852 bits per heavy atom. The fraction of sp³-hybridized carbons (Fsp3) is 0.688. The molecule has 4 atom stereocenters. The van der Waals surface area contributed by atoms with E-state index in [2.05, 4.69) is 16.0 Å². The number of hydrogen-bond donors (Lipinski definition) is 6. The Balaban J connectivity index is 5.29. The van der Waals surface area contributed by atoms with Crippen molar-refractivity contribution in [2.24, 2.45) is 17.4 Å². The molecule has 0 aromatic carbocycles. The third-order valence-corrected chi connectivity index (χ3v) is 3.52. The number of rotatable bonds is 11. The number of primary amides is 1. The molecule has 0 fully saturated rings. The lowest BCUT2D eigenvalue weighted by Crippen LogP contribution is -2.57. The second kappa shape index (κ2) is 11.1. The van der Waals surface area contributed by atoms with Gasteiger partial charge in [0.15, 0.2) is 0 Å². The standard InChI is InChI=1S/C16H29N5O6/c1-7(2)5-10(20-13(23)8(3)17)15(25)21-11(6-12(18)22)14(24)19-9(4)16(26)27/h7-11H,5-6,17H2,1-4H3,(H2,18,22)(H,19,24)(H,20,23)(H,21,25)(H,26,27). The summed E-state index contributed by atoms with van der Waals surface area (Å²) in [4.78, 5) is 58.6. The molecule has 0 saturated carbocycles. The molecule has 0 heterocycles. The molecule has 4 unspecified atom stereocenters. The number of nitrogens with one attached hydrogen (secondary N) is 3. The van der Waals surface area contributed by atoms with E-state index in [0.717, 1.165) is 0 Å². The lowest BCUT2D eigenvalue weighted by atomic mass is 10.0. The molecule has 0 bridgehead atoms. The van der Waals surface area contributed by atoms with E-state index in [1.54, 1.807) is 0 Å². The van der Waals surface area contributed by atoms with Crippen LogP contribution in [0.3, 0.4) is 0 Å². The zero-order valence-corrected chi connectivity index (χ0v) is 15.9. The van der Waals surface area contributed by atoms with E-state index in [4.69, 9.17) is 16.6 Å². The molecule has 11 nitrogen and oxygen atoms in total. The molecule has 0 rings (SSSR count). The smallest absolute Gasteiger partial charge is 0.325 e. The van der Waals surface area contributed by atoms with Gasteiger partial charge in [0.2, 0.25) is 23.6 Å². The Hall–Kier alpha value is -2.69. The largest absolute Gasteiger partial charge is 0.480 e. The van der Waals surface area contributed by atoms with E-state index in [9.17, 15) is 24.0 Å². The van der Waals surface area contributed by atoms with Crippen molar-refractivity contribution in [3.8, 4) is 0 Å². The van der Waals surface area contributed by atoms with E-state index in [1.807, 2.05) is 13.8 Å². The summed E-state index contributed by atoms with van der Waals surface area (Å²) < 4.78 is 0. The highest BCUT2D eigenvalue weighted by atomic mass is 16.4. The van der Waals surface area contributed by atoms with Crippen LogP contribution in [0.2, 0.25) is 0 Å². The number of aliphatic carboxylic acids is 1. The van der Waals surface area contributed by atoms with Crippen molar-refractivity contribution in [1.29, 1.82) is 0 Å². The summed E-state index contributed by atoms with van der Waals surface area (Å²) in [5.41, 5.74) is 10.6. The lowest BCUT2D eigenvalue weighted by Gasteiger charge is -2.24. The highest BCUT2D eigenvalue weighted by molar-refractivity contribution is 5.95. The van der Waals surface area contributed by atoms with Crippen molar-refractivity contribution in [2.45, 2.75) is 64.7 Å². The molecular weight excluding hydrogens is 358 g/mol. The maximum atomic E-state index is 12.5. The fourth-order valence-corrected chi connectivity index (χ4v) is 2.06. The minimum atomic E-state index is -1.38. The van der Waals surface area contributed by atoms with E-state index in [1.165, 1.54) is 13.8 Å². The van der Waals surface area contributed by atoms with Crippen LogP contribution in [0.5, 0.6) is 0 Å². The van der Waals surface area contributed by atoms with Crippen molar-refractivity contribution in [2.75, 3.05) is 0 Å². The van der Waals surface area contributed by atoms with Gasteiger partial charge in [0.25, 0.3) is 0 Å². The summed E-state index contributed by atoms with van der Waals surface area (Å²) in [6, 6.07) is -4.43. The molecule has 0 aromatic heterocycles. The van der Waals surface area contributed by atoms with Gasteiger partial charge in [0.1, 0.15) is 18.1 Å². The molecule has 0 aliphatic heterocycles. The van der Waals surface area contributed by atoms with Gasteiger partial charge in [-0.15, -0.1) is 0 Å². The van der Waals surface area contributed by atoms with Gasteiger partial charge in [-0.3, -0.25) is 24.0 Å². The molecular formula is C16H29N5O6. The van der Waals surface area contributed by atoms with Crippen molar-refractivity contribution >= 4 is 29.6 Å². The molecule has 8 N–H and O–H groups in total. The summed E-state index contributed by atoms with van der Waals surface area (Å²) in [7, 11) is 0. The molecule has 11 heteroatoms. The Morgan fingerprint density at radius 3 is 1.74 bits per heavy atom. The van der Waals surface area contributed by atoms with Crippen LogP contribution in [-0.4, -0.2) is 58.9 Å². The lowest BCUT2D eigenvalue weighted by molar-refractivity contribution is -0.142. The third kappa shape index (κ3) is 9.54. The van der Waals surface area contributed by atoms with Crippen LogP contribution in [0.25, 0.3) is 0 Å². The number of hydrogen-bond acceptors (Lipinski definition) is 6. The van der Waals surface area contributed by atoms with Gasteiger partial charge in [-0.2, -0.15) is 0 Å². The maximum Gasteiger partial charge on any atom is 0.325 e. The molecule has 0 spiro atoms. The molecule has 0 aromatic rings. The first-order chi connectivity index (χ1) is 12.3. The molecule has 0 aliphatic rings. The van der Waals surface area contributed by atoms with E-state index >= 15 is 0 Å². The topological polar surface area (TPSA) is 194 Å². The first kappa shape index (κ1) is 24.3. The average molecular weight is 387 g/mol. The quantitative estimate of drug-likeness (QED) is 0.232. The minimum absolute atomic E-state index is 0.0320. The molecule has 27 heavy (non-hydrogen) atoms. The van der Waals surface area contributed by atoms with Gasteiger partial charge in [0, 0.05) is 0 Å². The number of carbonyl (C=O) groups is 5. The molecule has 0 saturated heterocycles. The normalized spacial score (nSPS) is 15.2. The van der Waals surface area contributed by atoms with Crippen LogP contribution in [0, 0.1) is 5.92 Å². The highest BCUT2D eigenvalue weighted by Crippen LogP contribution is 2.06. The number of carbonyl (C=O) groups excluding carboxylic acids is 4. The summed E-state index contributed by atoms with van der Waals surface area (Å²) >= 11 is 0. The van der Waals surface area contributed by atoms with E-state index in [-0.39, 0.29) is 12.3 Å². The van der Waals surface area contributed by atoms with Gasteiger partial charge in [-0.1, -0.05) is 13.8 Å². The SMILES string of the molecule is CC(C)CC(NC(=O)C(C)N)C(=O)NC(CC(N)=O)C(=O)NC(C)C(=O)O. The Morgan fingerprint density at radius 2 is 1.33 bits per heavy atom. The van der Waals surface area contributed by atoms with Crippen molar-refractivity contribution in [3.63, 3.8) is 0 Å². The van der Waals surface area contributed by atoms with E-state index in [0.29, 0.717) is 0 Å². The zero-order chi connectivity index (χ0) is 21.3. The van der Waals surface area contributed by atoms with E-state index < -0.39 is 60.2 Å².